The van der Waals surface area contributed by atoms with Crippen LogP contribution in [0.3, 0.4) is 0 Å². The number of hydrogen-bond acceptors (Lipinski definition) is 4. The van der Waals surface area contributed by atoms with Gasteiger partial charge >= 0.3 is 0 Å². The number of benzene rings is 2. The number of carbonyl (C=O) groups excluding carboxylic acids is 2. The van der Waals surface area contributed by atoms with E-state index in [-0.39, 0.29) is 24.1 Å². The van der Waals surface area contributed by atoms with Gasteiger partial charge in [0.05, 0.1) is 16.3 Å². The Hall–Kier alpha value is -3.05. The van der Waals surface area contributed by atoms with Gasteiger partial charge in [0.2, 0.25) is 6.79 Å². The van der Waals surface area contributed by atoms with Crippen molar-refractivity contribution >= 4 is 40.6 Å². The molecule has 0 aromatic heterocycles. The van der Waals surface area contributed by atoms with Gasteiger partial charge in [-0.25, -0.2) is 0 Å². The highest BCUT2D eigenvalue weighted by Gasteiger charge is 2.26. The third kappa shape index (κ3) is 2.90. The first-order chi connectivity index (χ1) is 12.1. The molecule has 2 aromatic rings. The molecule has 1 N–H and O–H groups in total. The fraction of sp³-hybridized carbons (Fsp3) is 0.0526. The number of rotatable bonds is 3. The van der Waals surface area contributed by atoms with Crippen molar-refractivity contribution in [2.24, 2.45) is 0 Å². The summed E-state index contributed by atoms with van der Waals surface area (Å²) in [5.74, 6) is 0.673. The second-order valence-corrected chi connectivity index (χ2v) is 5.93. The van der Waals surface area contributed by atoms with Crippen LogP contribution in [-0.4, -0.2) is 18.5 Å². The number of amides is 1. The van der Waals surface area contributed by atoms with Crippen molar-refractivity contribution in [3.05, 3.63) is 64.7 Å². The summed E-state index contributed by atoms with van der Waals surface area (Å²) < 4.78 is 10.5. The van der Waals surface area contributed by atoms with E-state index < -0.39 is 0 Å². The van der Waals surface area contributed by atoms with Crippen LogP contribution >= 0.6 is 11.6 Å². The Labute approximate surface area is 148 Å². The van der Waals surface area contributed by atoms with E-state index in [1.54, 1.807) is 36.4 Å². The second kappa shape index (κ2) is 6.11. The van der Waals surface area contributed by atoms with Gasteiger partial charge in [-0.1, -0.05) is 29.8 Å². The third-order valence-corrected chi connectivity index (χ3v) is 4.21. The molecular weight excluding hydrogens is 342 g/mol. The summed E-state index contributed by atoms with van der Waals surface area (Å²) in [6, 6.07) is 10.6. The van der Waals surface area contributed by atoms with Gasteiger partial charge in [-0.2, -0.15) is 0 Å². The van der Waals surface area contributed by atoms with Crippen LogP contribution < -0.4 is 14.8 Å². The van der Waals surface area contributed by atoms with Crippen molar-refractivity contribution in [2.45, 2.75) is 0 Å². The number of fused-ring (bicyclic) bond motifs is 2. The molecule has 0 atom stereocenters. The average molecular weight is 354 g/mol. The molecule has 0 fully saturated rings. The van der Waals surface area contributed by atoms with Crippen LogP contribution in [0.15, 0.2) is 48.6 Å². The molecule has 5 nitrogen and oxygen atoms in total. The minimum atomic E-state index is -0.340. The maximum absolute atomic E-state index is 12.2. The van der Waals surface area contributed by atoms with Crippen LogP contribution in [0.1, 0.15) is 11.1 Å². The first-order valence-electron chi connectivity index (χ1n) is 7.55. The van der Waals surface area contributed by atoms with Crippen LogP contribution in [0, 0.1) is 0 Å². The van der Waals surface area contributed by atoms with E-state index in [1.807, 2.05) is 6.07 Å². The van der Waals surface area contributed by atoms with Gasteiger partial charge in [-0.15, -0.1) is 0 Å². The average Bonchev–Trinajstić information content (AvgIpc) is 3.18. The largest absolute Gasteiger partial charge is 0.454 e. The molecule has 6 heteroatoms. The molecule has 124 valence electrons. The summed E-state index contributed by atoms with van der Waals surface area (Å²) >= 11 is 6.15. The van der Waals surface area contributed by atoms with Gasteiger partial charge in [-0.3, -0.25) is 9.59 Å². The summed E-state index contributed by atoms with van der Waals surface area (Å²) in [5, 5.41) is 3.12. The van der Waals surface area contributed by atoms with Gasteiger partial charge in [0.1, 0.15) is 0 Å². The number of hydrogen-bond donors (Lipinski definition) is 1. The first kappa shape index (κ1) is 15.5. The van der Waals surface area contributed by atoms with Crippen LogP contribution in [0.25, 0.3) is 11.6 Å². The molecule has 0 unspecified atom stereocenters. The molecule has 0 saturated carbocycles. The summed E-state index contributed by atoms with van der Waals surface area (Å²) in [6.45, 7) is 0.197. The van der Waals surface area contributed by atoms with E-state index in [4.69, 9.17) is 21.1 Å². The van der Waals surface area contributed by atoms with Gasteiger partial charge < -0.3 is 14.8 Å². The van der Waals surface area contributed by atoms with Crippen molar-refractivity contribution in [1.82, 2.24) is 0 Å². The van der Waals surface area contributed by atoms with Crippen molar-refractivity contribution in [2.75, 3.05) is 12.1 Å². The Morgan fingerprint density at radius 3 is 2.88 bits per heavy atom. The third-order valence-electron chi connectivity index (χ3n) is 3.90. The Kier molecular flexibility index (Phi) is 3.78. The molecule has 2 heterocycles. The van der Waals surface area contributed by atoms with Crippen LogP contribution in [0.5, 0.6) is 11.5 Å². The monoisotopic (exact) mass is 353 g/mol. The van der Waals surface area contributed by atoms with Crippen molar-refractivity contribution in [1.29, 1.82) is 0 Å². The molecule has 0 radical (unpaired) electrons. The number of carbonyl (C=O) groups is 2. The number of anilines is 1. The van der Waals surface area contributed by atoms with E-state index in [0.717, 1.165) is 5.56 Å². The molecule has 0 aliphatic carbocycles. The normalized spacial score (nSPS) is 16.4. The highest BCUT2D eigenvalue weighted by atomic mass is 35.5. The maximum Gasteiger partial charge on any atom is 0.256 e. The smallest absolute Gasteiger partial charge is 0.256 e. The first-order valence-corrected chi connectivity index (χ1v) is 7.93. The minimum absolute atomic E-state index is 0.197. The fourth-order valence-corrected chi connectivity index (χ4v) is 3.00. The van der Waals surface area contributed by atoms with Gasteiger partial charge in [0, 0.05) is 5.56 Å². The molecule has 1 amide bonds. The summed E-state index contributed by atoms with van der Waals surface area (Å²) in [5.41, 5.74) is 2.22. The lowest BCUT2D eigenvalue weighted by Crippen LogP contribution is -2.05. The Bertz CT molecular complexity index is 962. The molecule has 4 rings (SSSR count). The minimum Gasteiger partial charge on any atom is -0.454 e. The molecule has 2 aliphatic rings. The molecule has 2 aliphatic heterocycles. The van der Waals surface area contributed by atoms with E-state index in [9.17, 15) is 9.59 Å². The number of allylic oxidation sites excluding steroid dienone is 2. The quantitative estimate of drug-likeness (QED) is 0.855. The molecule has 2 aromatic carbocycles. The molecule has 25 heavy (non-hydrogen) atoms. The standard InChI is InChI=1S/C19H12ClNO4/c20-14-2-1-3-15-18(14)13(19(23)21-15)9-12(22)6-4-11-5-7-16-17(8-11)25-10-24-16/h1-9H,10H2,(H,21,23). The highest BCUT2D eigenvalue weighted by Crippen LogP contribution is 2.37. The number of ether oxygens (including phenoxy) is 2. The van der Waals surface area contributed by atoms with Gasteiger partial charge in [-0.05, 0) is 42.0 Å². The van der Waals surface area contributed by atoms with Crippen molar-refractivity contribution < 1.29 is 19.1 Å². The molecule has 0 bridgehead atoms. The predicted molar refractivity (Wildman–Crippen MR) is 94.7 cm³/mol. The predicted octanol–water partition coefficient (Wildman–Crippen LogP) is 3.69. The zero-order chi connectivity index (χ0) is 17.4. The van der Waals surface area contributed by atoms with E-state index in [2.05, 4.69) is 5.32 Å². The van der Waals surface area contributed by atoms with Crippen molar-refractivity contribution in [3.63, 3.8) is 0 Å². The lowest BCUT2D eigenvalue weighted by atomic mass is 10.1. The number of halogens is 1. The van der Waals surface area contributed by atoms with E-state index in [1.165, 1.54) is 12.2 Å². The lowest BCUT2D eigenvalue weighted by Gasteiger charge is -2.00. The maximum atomic E-state index is 12.2. The number of nitrogens with one attached hydrogen (secondary N) is 1. The molecular formula is C19H12ClNO4. The van der Waals surface area contributed by atoms with Gasteiger partial charge in [0.25, 0.3) is 5.91 Å². The molecule has 0 spiro atoms. The van der Waals surface area contributed by atoms with E-state index in [0.29, 0.717) is 27.8 Å². The lowest BCUT2D eigenvalue weighted by molar-refractivity contribution is -0.112. The summed E-state index contributed by atoms with van der Waals surface area (Å²) in [7, 11) is 0. The topological polar surface area (TPSA) is 64.6 Å². The Balaban J connectivity index is 1.58. The van der Waals surface area contributed by atoms with Crippen LogP contribution in [0.2, 0.25) is 5.02 Å². The van der Waals surface area contributed by atoms with E-state index >= 15 is 0 Å². The zero-order valence-corrected chi connectivity index (χ0v) is 13.7. The zero-order valence-electron chi connectivity index (χ0n) is 12.9. The van der Waals surface area contributed by atoms with Crippen LogP contribution in [-0.2, 0) is 9.59 Å². The highest BCUT2D eigenvalue weighted by molar-refractivity contribution is 6.41. The summed E-state index contributed by atoms with van der Waals surface area (Å²) in [4.78, 5) is 24.3. The molecule has 0 saturated heterocycles. The Morgan fingerprint density at radius 2 is 2.00 bits per heavy atom. The SMILES string of the molecule is O=C(C=Cc1ccc2c(c1)OCO2)C=C1C(=O)Nc2cccc(Cl)c21. The Morgan fingerprint density at radius 1 is 1.16 bits per heavy atom. The van der Waals surface area contributed by atoms with Crippen molar-refractivity contribution in [3.8, 4) is 11.5 Å². The van der Waals surface area contributed by atoms with Gasteiger partial charge in [0.15, 0.2) is 17.3 Å². The second-order valence-electron chi connectivity index (χ2n) is 5.52. The fourth-order valence-electron chi connectivity index (χ4n) is 2.73. The summed E-state index contributed by atoms with van der Waals surface area (Å²) in [6.07, 6.45) is 4.34. The number of ketones is 1. The van der Waals surface area contributed by atoms with Crippen LogP contribution in [0.4, 0.5) is 5.69 Å².